The molecule has 3 aromatic rings. The summed E-state index contributed by atoms with van der Waals surface area (Å²) in [5.74, 6) is -1.18. The van der Waals surface area contributed by atoms with Gasteiger partial charge in [0.25, 0.3) is 5.91 Å². The minimum atomic E-state index is -3.81. The number of fused-ring (bicyclic) bond motifs is 1. The van der Waals surface area contributed by atoms with E-state index in [0.29, 0.717) is 19.6 Å². The number of benzene rings is 3. The zero-order valence-corrected chi connectivity index (χ0v) is 20.3. The number of sulfonamides is 1. The molecule has 0 atom stereocenters. The number of nitrogens with zero attached hydrogens (tertiary/aromatic N) is 2. The number of ether oxygens (including phenoxy) is 1. The predicted octanol–water partition coefficient (Wildman–Crippen LogP) is 4.49. The minimum absolute atomic E-state index is 0.0168. The largest absolute Gasteiger partial charge is 0.452 e. The monoisotopic (exact) mass is 500 g/mol. The number of esters is 1. The van der Waals surface area contributed by atoms with Crippen molar-refractivity contribution in [3.8, 4) is 0 Å². The van der Waals surface area contributed by atoms with E-state index in [-0.39, 0.29) is 21.4 Å². The first kappa shape index (κ1) is 24.2. The van der Waals surface area contributed by atoms with Gasteiger partial charge in [0.2, 0.25) is 10.0 Å². The number of halogens is 1. The smallest absolute Gasteiger partial charge is 0.338 e. The fraction of sp³-hybridized carbons (Fsp3) is 0.280. The van der Waals surface area contributed by atoms with Gasteiger partial charge in [-0.3, -0.25) is 4.79 Å². The lowest BCUT2D eigenvalue weighted by Gasteiger charge is -2.22. The number of likely N-dealkylation sites (N-methyl/N-ethyl adjacent to an activating group) is 1. The molecule has 178 valence electrons. The topological polar surface area (TPSA) is 84.0 Å². The van der Waals surface area contributed by atoms with Gasteiger partial charge in [-0.2, -0.15) is 4.31 Å². The SMILES string of the molecule is CCN(C(=O)COC(=O)c1ccc(Cl)c(S(=O)(=O)N2CCCC2)c1)c1cccc2ccccc12. The molecule has 0 radical (unpaired) electrons. The van der Waals surface area contributed by atoms with Crippen LogP contribution in [0.3, 0.4) is 0 Å². The molecular formula is C25H25ClN2O5S. The van der Waals surface area contributed by atoms with Gasteiger partial charge in [0.05, 0.1) is 16.3 Å². The van der Waals surface area contributed by atoms with E-state index < -0.39 is 22.6 Å². The van der Waals surface area contributed by atoms with Crippen LogP contribution in [0.5, 0.6) is 0 Å². The van der Waals surface area contributed by atoms with Crippen molar-refractivity contribution in [3.05, 3.63) is 71.2 Å². The molecule has 1 saturated heterocycles. The van der Waals surface area contributed by atoms with E-state index in [2.05, 4.69) is 0 Å². The quantitative estimate of drug-likeness (QED) is 0.446. The van der Waals surface area contributed by atoms with Crippen LogP contribution in [0.1, 0.15) is 30.1 Å². The summed E-state index contributed by atoms with van der Waals surface area (Å²) in [6.45, 7) is 2.60. The second-order valence-corrected chi connectivity index (χ2v) is 10.3. The maximum absolute atomic E-state index is 12.9. The van der Waals surface area contributed by atoms with Crippen LogP contribution in [-0.4, -0.2) is 50.8 Å². The Morgan fingerprint density at radius 1 is 1.03 bits per heavy atom. The van der Waals surface area contributed by atoms with Gasteiger partial charge in [-0.05, 0) is 49.4 Å². The number of amides is 1. The Bertz CT molecular complexity index is 1330. The molecule has 1 aliphatic heterocycles. The average molecular weight is 501 g/mol. The van der Waals surface area contributed by atoms with Crippen LogP contribution in [0, 0.1) is 0 Å². The van der Waals surface area contributed by atoms with Crippen LogP contribution < -0.4 is 4.90 Å². The van der Waals surface area contributed by atoms with Crippen molar-refractivity contribution < 1.29 is 22.7 Å². The molecule has 34 heavy (non-hydrogen) atoms. The predicted molar refractivity (Wildman–Crippen MR) is 132 cm³/mol. The van der Waals surface area contributed by atoms with E-state index in [1.54, 1.807) is 4.90 Å². The van der Waals surface area contributed by atoms with Crippen LogP contribution in [0.2, 0.25) is 5.02 Å². The Morgan fingerprint density at radius 3 is 2.47 bits per heavy atom. The van der Waals surface area contributed by atoms with Gasteiger partial charge in [-0.15, -0.1) is 0 Å². The molecule has 3 aromatic carbocycles. The van der Waals surface area contributed by atoms with Gasteiger partial charge in [-0.25, -0.2) is 13.2 Å². The second kappa shape index (κ2) is 10.1. The van der Waals surface area contributed by atoms with Gasteiger partial charge in [-0.1, -0.05) is 48.0 Å². The first-order valence-electron chi connectivity index (χ1n) is 11.1. The number of hydrogen-bond acceptors (Lipinski definition) is 5. The van der Waals surface area contributed by atoms with E-state index >= 15 is 0 Å². The Hall–Kier alpha value is -2.94. The molecule has 9 heteroatoms. The molecule has 0 aliphatic carbocycles. The second-order valence-electron chi connectivity index (χ2n) is 7.97. The zero-order valence-electron chi connectivity index (χ0n) is 18.7. The number of rotatable bonds is 7. The standard InChI is InChI=1S/C25H25ClN2O5S/c1-2-28(22-11-7-9-18-8-3-4-10-20(18)22)24(29)17-33-25(30)19-12-13-21(26)23(16-19)34(31,32)27-14-5-6-15-27/h3-4,7-13,16H,2,5-6,14-15,17H2,1H3. The summed E-state index contributed by atoms with van der Waals surface area (Å²) >= 11 is 6.15. The maximum atomic E-state index is 12.9. The molecular weight excluding hydrogens is 476 g/mol. The summed E-state index contributed by atoms with van der Waals surface area (Å²) in [5.41, 5.74) is 0.746. The van der Waals surface area contributed by atoms with Crippen molar-refractivity contribution in [2.75, 3.05) is 31.1 Å². The van der Waals surface area contributed by atoms with Crippen molar-refractivity contribution in [2.24, 2.45) is 0 Å². The van der Waals surface area contributed by atoms with E-state index in [1.807, 2.05) is 49.4 Å². The molecule has 0 bridgehead atoms. The van der Waals surface area contributed by atoms with Gasteiger partial charge in [0.1, 0.15) is 4.90 Å². The van der Waals surface area contributed by atoms with E-state index in [4.69, 9.17) is 16.3 Å². The van der Waals surface area contributed by atoms with Crippen molar-refractivity contribution in [3.63, 3.8) is 0 Å². The molecule has 1 fully saturated rings. The third-order valence-corrected chi connectivity index (χ3v) is 8.23. The van der Waals surface area contributed by atoms with E-state index in [0.717, 1.165) is 29.3 Å². The third-order valence-electron chi connectivity index (χ3n) is 5.85. The van der Waals surface area contributed by atoms with Crippen LogP contribution in [0.25, 0.3) is 10.8 Å². The van der Waals surface area contributed by atoms with Gasteiger partial charge in [0, 0.05) is 25.0 Å². The Balaban J connectivity index is 1.50. The highest BCUT2D eigenvalue weighted by Gasteiger charge is 2.30. The number of carbonyl (C=O) groups is 2. The maximum Gasteiger partial charge on any atom is 0.338 e. The Kier molecular flexibility index (Phi) is 7.21. The molecule has 0 spiro atoms. The van der Waals surface area contributed by atoms with Crippen LogP contribution in [0.4, 0.5) is 5.69 Å². The summed E-state index contributed by atoms with van der Waals surface area (Å²) in [6, 6.07) is 17.4. The average Bonchev–Trinajstić information content (AvgIpc) is 3.39. The Labute approximate surface area is 203 Å². The molecule has 0 unspecified atom stereocenters. The molecule has 0 N–H and O–H groups in total. The van der Waals surface area contributed by atoms with Gasteiger partial charge in [0.15, 0.2) is 6.61 Å². The van der Waals surface area contributed by atoms with E-state index in [1.165, 1.54) is 22.5 Å². The lowest BCUT2D eigenvalue weighted by Crippen LogP contribution is -2.34. The molecule has 1 heterocycles. The summed E-state index contributed by atoms with van der Waals surface area (Å²) in [7, 11) is -3.81. The van der Waals surface area contributed by atoms with Crippen molar-refractivity contribution in [1.29, 1.82) is 0 Å². The summed E-state index contributed by atoms with van der Waals surface area (Å²) in [5, 5.41) is 1.95. The fourth-order valence-electron chi connectivity index (χ4n) is 4.11. The fourth-order valence-corrected chi connectivity index (χ4v) is 6.13. The normalized spacial score (nSPS) is 14.3. The molecule has 1 amide bonds. The highest BCUT2D eigenvalue weighted by Crippen LogP contribution is 2.29. The summed E-state index contributed by atoms with van der Waals surface area (Å²) in [6.07, 6.45) is 1.57. The third kappa shape index (κ3) is 4.80. The van der Waals surface area contributed by atoms with Crippen LogP contribution in [0.15, 0.2) is 65.6 Å². The highest BCUT2D eigenvalue weighted by atomic mass is 35.5. The van der Waals surface area contributed by atoms with Gasteiger partial charge >= 0.3 is 5.97 Å². The van der Waals surface area contributed by atoms with E-state index in [9.17, 15) is 18.0 Å². The lowest BCUT2D eigenvalue weighted by molar-refractivity contribution is -0.121. The molecule has 7 nitrogen and oxygen atoms in total. The molecule has 1 aliphatic rings. The summed E-state index contributed by atoms with van der Waals surface area (Å²) < 4.78 is 32.4. The van der Waals surface area contributed by atoms with Crippen molar-refractivity contribution in [1.82, 2.24) is 4.31 Å². The number of hydrogen-bond donors (Lipinski definition) is 0. The lowest BCUT2D eigenvalue weighted by atomic mass is 10.1. The first-order chi connectivity index (χ1) is 16.3. The molecule has 0 saturated carbocycles. The first-order valence-corrected chi connectivity index (χ1v) is 12.9. The molecule has 0 aromatic heterocycles. The van der Waals surface area contributed by atoms with Crippen molar-refractivity contribution in [2.45, 2.75) is 24.7 Å². The molecule has 4 rings (SSSR count). The highest BCUT2D eigenvalue weighted by molar-refractivity contribution is 7.89. The van der Waals surface area contributed by atoms with Gasteiger partial charge < -0.3 is 9.64 Å². The number of anilines is 1. The zero-order chi connectivity index (χ0) is 24.3. The van der Waals surface area contributed by atoms with Crippen LogP contribution >= 0.6 is 11.6 Å². The minimum Gasteiger partial charge on any atom is -0.452 e. The number of carbonyl (C=O) groups excluding carboxylic acids is 2. The van der Waals surface area contributed by atoms with Crippen molar-refractivity contribution >= 4 is 50.0 Å². The Morgan fingerprint density at radius 2 is 1.74 bits per heavy atom. The summed E-state index contributed by atoms with van der Waals surface area (Å²) in [4.78, 5) is 27.0. The van der Waals surface area contributed by atoms with Crippen LogP contribution in [-0.2, 0) is 19.6 Å².